The maximum atomic E-state index is 9.47. The first-order valence-electron chi connectivity index (χ1n) is 13.0. The Balaban J connectivity index is 1.48. The van der Waals surface area contributed by atoms with Crippen LogP contribution in [0.15, 0.2) is 5.16 Å². The lowest BCUT2D eigenvalue weighted by Crippen LogP contribution is -2.54. The van der Waals surface area contributed by atoms with Gasteiger partial charge < -0.3 is 5.21 Å². The molecule has 0 aromatic carbocycles. The maximum absolute atomic E-state index is 9.47. The molecule has 4 aliphatic rings. The molecule has 0 radical (unpaired) electrons. The molecule has 8 atom stereocenters. The van der Waals surface area contributed by atoms with Gasteiger partial charge in [-0.25, -0.2) is 0 Å². The van der Waals surface area contributed by atoms with Gasteiger partial charge in [0.1, 0.15) is 0 Å². The summed E-state index contributed by atoms with van der Waals surface area (Å²) in [7, 11) is 0. The molecule has 0 saturated heterocycles. The number of hydrogen-bond donors (Lipinski definition) is 1. The number of hydrogen-bond acceptors (Lipinski definition) is 2. The molecule has 8 unspecified atom stereocenters. The SMILES string of the molecule is CC(C)CCCC(C)C1CCC2C3CCC4CCC(=NO)CC4(C)C3CCC12C. The van der Waals surface area contributed by atoms with Gasteiger partial charge in [-0.05, 0) is 110 Å². The van der Waals surface area contributed by atoms with E-state index >= 15 is 0 Å². The summed E-state index contributed by atoms with van der Waals surface area (Å²) in [5.74, 6) is 6.32. The van der Waals surface area contributed by atoms with Crippen LogP contribution >= 0.6 is 0 Å². The lowest BCUT2D eigenvalue weighted by Gasteiger charge is -2.60. The average molecular weight is 402 g/mol. The molecule has 4 fully saturated rings. The standard InChI is InChI=1S/C27H47NO/c1-18(2)7-6-8-19(3)23-13-14-24-22-12-10-20-9-11-21(28-29)17-27(20,5)25(22)15-16-26(23,24)4/h18-20,22-25,29H,6-17H2,1-5H3. The van der Waals surface area contributed by atoms with Gasteiger partial charge in [-0.15, -0.1) is 0 Å². The second-order valence-corrected chi connectivity index (χ2v) is 12.6. The van der Waals surface area contributed by atoms with Gasteiger partial charge >= 0.3 is 0 Å². The first kappa shape index (κ1) is 21.7. The van der Waals surface area contributed by atoms with Crippen molar-refractivity contribution in [3.63, 3.8) is 0 Å². The Morgan fingerprint density at radius 1 is 0.931 bits per heavy atom. The highest BCUT2D eigenvalue weighted by molar-refractivity contribution is 5.85. The largest absolute Gasteiger partial charge is 0.411 e. The summed E-state index contributed by atoms with van der Waals surface area (Å²) < 4.78 is 0. The van der Waals surface area contributed by atoms with Crippen LogP contribution in [-0.2, 0) is 0 Å². The van der Waals surface area contributed by atoms with Crippen molar-refractivity contribution in [1.82, 2.24) is 0 Å². The number of fused-ring (bicyclic) bond motifs is 5. The van der Waals surface area contributed by atoms with Gasteiger partial charge in [-0.2, -0.15) is 0 Å². The minimum atomic E-state index is 0.394. The second-order valence-electron chi connectivity index (χ2n) is 12.6. The van der Waals surface area contributed by atoms with Gasteiger partial charge in [0, 0.05) is 0 Å². The van der Waals surface area contributed by atoms with Gasteiger partial charge in [0.15, 0.2) is 0 Å². The first-order valence-corrected chi connectivity index (χ1v) is 13.0. The van der Waals surface area contributed by atoms with Crippen molar-refractivity contribution in [2.75, 3.05) is 0 Å². The van der Waals surface area contributed by atoms with Crippen LogP contribution in [0.3, 0.4) is 0 Å². The third-order valence-corrected chi connectivity index (χ3v) is 10.8. The molecule has 0 aliphatic heterocycles. The molecule has 0 heterocycles. The van der Waals surface area contributed by atoms with Crippen LogP contribution in [0.1, 0.15) is 112 Å². The molecular weight excluding hydrogens is 354 g/mol. The lowest BCUT2D eigenvalue weighted by atomic mass is 9.44. The maximum Gasteiger partial charge on any atom is 0.0576 e. The fraction of sp³-hybridized carbons (Fsp3) is 0.963. The average Bonchev–Trinajstić information content (AvgIpc) is 3.04. The molecule has 0 bridgehead atoms. The van der Waals surface area contributed by atoms with Gasteiger partial charge in [0.05, 0.1) is 5.71 Å². The van der Waals surface area contributed by atoms with Crippen molar-refractivity contribution < 1.29 is 5.21 Å². The Morgan fingerprint density at radius 2 is 1.69 bits per heavy atom. The Labute approximate surface area is 180 Å². The van der Waals surface area contributed by atoms with E-state index in [0.29, 0.717) is 10.8 Å². The van der Waals surface area contributed by atoms with E-state index in [1.165, 1.54) is 64.2 Å². The van der Waals surface area contributed by atoms with E-state index in [9.17, 15) is 5.21 Å². The summed E-state index contributed by atoms with van der Waals surface area (Å²) in [5.41, 5.74) is 2.07. The normalized spacial score (nSPS) is 47.0. The van der Waals surface area contributed by atoms with E-state index in [2.05, 4.69) is 39.8 Å². The van der Waals surface area contributed by atoms with Crippen LogP contribution in [0.4, 0.5) is 0 Å². The highest BCUT2D eigenvalue weighted by Crippen LogP contribution is 2.68. The molecule has 4 saturated carbocycles. The molecule has 0 amide bonds. The fourth-order valence-corrected chi connectivity index (χ4v) is 9.26. The Kier molecular flexibility index (Phi) is 6.13. The summed E-state index contributed by atoms with van der Waals surface area (Å²) in [5, 5.41) is 13.2. The van der Waals surface area contributed by atoms with Crippen LogP contribution in [0.2, 0.25) is 0 Å². The van der Waals surface area contributed by atoms with E-state index in [1.54, 1.807) is 0 Å². The van der Waals surface area contributed by atoms with Crippen molar-refractivity contribution in [3.05, 3.63) is 0 Å². The van der Waals surface area contributed by atoms with Crippen molar-refractivity contribution in [2.45, 2.75) is 112 Å². The summed E-state index contributed by atoms with van der Waals surface area (Å²) in [6.07, 6.45) is 16.4. The number of rotatable bonds is 5. The van der Waals surface area contributed by atoms with Gasteiger partial charge in [0.2, 0.25) is 0 Å². The van der Waals surface area contributed by atoms with Crippen LogP contribution in [-0.4, -0.2) is 10.9 Å². The predicted octanol–water partition coefficient (Wildman–Crippen LogP) is 7.94. The summed E-state index contributed by atoms with van der Waals surface area (Å²) in [6, 6.07) is 0. The Hall–Kier alpha value is -0.530. The first-order chi connectivity index (χ1) is 13.8. The molecule has 0 spiro atoms. The molecule has 2 heteroatoms. The van der Waals surface area contributed by atoms with E-state index in [0.717, 1.165) is 60.0 Å². The molecule has 29 heavy (non-hydrogen) atoms. The van der Waals surface area contributed by atoms with Crippen LogP contribution in [0.25, 0.3) is 0 Å². The Bertz CT molecular complexity index is 612. The minimum Gasteiger partial charge on any atom is -0.411 e. The van der Waals surface area contributed by atoms with Crippen molar-refractivity contribution >= 4 is 5.71 Å². The topological polar surface area (TPSA) is 32.6 Å². The van der Waals surface area contributed by atoms with E-state index in [1.807, 2.05) is 0 Å². The summed E-state index contributed by atoms with van der Waals surface area (Å²) in [6.45, 7) is 12.6. The predicted molar refractivity (Wildman–Crippen MR) is 122 cm³/mol. The van der Waals surface area contributed by atoms with Crippen molar-refractivity contribution in [3.8, 4) is 0 Å². The fourth-order valence-electron chi connectivity index (χ4n) is 9.26. The highest BCUT2D eigenvalue weighted by Gasteiger charge is 2.60. The van der Waals surface area contributed by atoms with Gasteiger partial charge in [0.25, 0.3) is 0 Å². The summed E-state index contributed by atoms with van der Waals surface area (Å²) in [4.78, 5) is 0. The Morgan fingerprint density at radius 3 is 2.41 bits per heavy atom. The molecule has 4 rings (SSSR count). The molecular formula is C27H47NO. The second kappa shape index (κ2) is 8.19. The number of oxime groups is 1. The van der Waals surface area contributed by atoms with Crippen molar-refractivity contribution in [1.29, 1.82) is 0 Å². The molecule has 2 nitrogen and oxygen atoms in total. The van der Waals surface area contributed by atoms with Crippen LogP contribution in [0.5, 0.6) is 0 Å². The monoisotopic (exact) mass is 401 g/mol. The molecule has 1 N–H and O–H groups in total. The number of nitrogens with zero attached hydrogens (tertiary/aromatic N) is 1. The molecule has 4 aliphatic carbocycles. The van der Waals surface area contributed by atoms with Gasteiger partial charge in [-0.3, -0.25) is 0 Å². The zero-order valence-electron chi connectivity index (χ0n) is 19.9. The van der Waals surface area contributed by atoms with Crippen molar-refractivity contribution in [2.24, 2.45) is 57.4 Å². The van der Waals surface area contributed by atoms with E-state index in [4.69, 9.17) is 0 Å². The minimum absolute atomic E-state index is 0.394. The van der Waals surface area contributed by atoms with Crippen LogP contribution < -0.4 is 0 Å². The van der Waals surface area contributed by atoms with E-state index < -0.39 is 0 Å². The van der Waals surface area contributed by atoms with Gasteiger partial charge in [-0.1, -0.05) is 59.0 Å². The zero-order chi connectivity index (χ0) is 20.8. The van der Waals surface area contributed by atoms with Crippen LogP contribution in [0, 0.1) is 52.3 Å². The molecule has 166 valence electrons. The lowest BCUT2D eigenvalue weighted by molar-refractivity contribution is -0.102. The quantitative estimate of drug-likeness (QED) is 0.368. The smallest absolute Gasteiger partial charge is 0.0576 e. The summed E-state index contributed by atoms with van der Waals surface area (Å²) >= 11 is 0. The highest BCUT2D eigenvalue weighted by atomic mass is 16.4. The zero-order valence-corrected chi connectivity index (χ0v) is 19.9. The molecule has 0 aromatic rings. The third-order valence-electron chi connectivity index (χ3n) is 10.8. The third kappa shape index (κ3) is 3.69. The van der Waals surface area contributed by atoms with E-state index in [-0.39, 0.29) is 0 Å². The molecule has 0 aromatic heterocycles.